The van der Waals surface area contributed by atoms with Gasteiger partial charge < -0.3 is 9.64 Å². The van der Waals surface area contributed by atoms with Gasteiger partial charge in [-0.25, -0.2) is 0 Å². The molecule has 4 heteroatoms. The van der Waals surface area contributed by atoms with Gasteiger partial charge in [0.15, 0.2) is 5.78 Å². The van der Waals surface area contributed by atoms with Crippen LogP contribution in [0.5, 0.6) is 0 Å². The van der Waals surface area contributed by atoms with Crippen molar-refractivity contribution >= 4 is 17.1 Å². The number of nitrogens with zero attached hydrogens (tertiary/aromatic N) is 1. The zero-order valence-electron chi connectivity index (χ0n) is 14.1. The van der Waals surface area contributed by atoms with Crippen molar-refractivity contribution in [1.82, 2.24) is 4.90 Å². The number of allylic oxidation sites excluding steroid dienone is 2. The number of rotatable bonds is 2. The van der Waals surface area contributed by atoms with E-state index in [-0.39, 0.29) is 11.6 Å². The SMILES string of the molecule is Cc1ccc(C2=C(N3CCOCC3)C(=O)c3ccccc3C2=O)cc1. The Kier molecular flexibility index (Phi) is 3.98. The minimum Gasteiger partial charge on any atom is -0.378 e. The van der Waals surface area contributed by atoms with Crippen LogP contribution in [0, 0.1) is 6.92 Å². The number of aryl methyl sites for hydroxylation is 1. The Bertz CT molecular complexity index is 874. The van der Waals surface area contributed by atoms with E-state index in [1.807, 2.05) is 36.1 Å². The fraction of sp³-hybridized carbons (Fsp3) is 0.238. The van der Waals surface area contributed by atoms with Gasteiger partial charge in [0, 0.05) is 24.2 Å². The van der Waals surface area contributed by atoms with Crippen LogP contribution in [0.4, 0.5) is 0 Å². The van der Waals surface area contributed by atoms with Crippen molar-refractivity contribution in [3.8, 4) is 0 Å². The smallest absolute Gasteiger partial charge is 0.210 e. The maximum atomic E-state index is 13.2. The van der Waals surface area contributed by atoms with Crippen LogP contribution in [0.1, 0.15) is 31.8 Å². The summed E-state index contributed by atoms with van der Waals surface area (Å²) in [5.41, 5.74) is 3.90. The molecule has 0 spiro atoms. The Morgan fingerprint density at radius 2 is 1.44 bits per heavy atom. The third-order valence-corrected chi connectivity index (χ3v) is 4.76. The molecule has 1 heterocycles. The van der Waals surface area contributed by atoms with Crippen molar-refractivity contribution in [2.24, 2.45) is 0 Å². The van der Waals surface area contributed by atoms with Gasteiger partial charge >= 0.3 is 0 Å². The standard InChI is InChI=1S/C21H19NO3/c1-14-6-8-15(9-7-14)18-19(22-10-12-25-13-11-22)21(24)17-5-3-2-4-16(17)20(18)23/h2-9H,10-13H2,1H3. The fourth-order valence-electron chi connectivity index (χ4n) is 3.44. The highest BCUT2D eigenvalue weighted by molar-refractivity contribution is 6.40. The van der Waals surface area contributed by atoms with Crippen molar-refractivity contribution in [2.75, 3.05) is 26.3 Å². The van der Waals surface area contributed by atoms with Gasteiger partial charge in [0.1, 0.15) is 0 Å². The van der Waals surface area contributed by atoms with Crippen molar-refractivity contribution in [2.45, 2.75) is 6.92 Å². The van der Waals surface area contributed by atoms with Gasteiger partial charge in [0.05, 0.1) is 24.5 Å². The molecular weight excluding hydrogens is 314 g/mol. The number of carbonyl (C=O) groups is 2. The number of carbonyl (C=O) groups excluding carboxylic acids is 2. The monoisotopic (exact) mass is 333 g/mol. The number of ketones is 2. The van der Waals surface area contributed by atoms with E-state index in [4.69, 9.17) is 4.74 Å². The van der Waals surface area contributed by atoms with Gasteiger partial charge in [-0.1, -0.05) is 54.1 Å². The number of morpholine rings is 1. The maximum absolute atomic E-state index is 13.2. The Hall–Kier alpha value is -2.72. The molecule has 0 unspecified atom stereocenters. The van der Waals surface area contributed by atoms with E-state index >= 15 is 0 Å². The van der Waals surface area contributed by atoms with E-state index in [0.29, 0.717) is 48.7 Å². The Morgan fingerprint density at radius 1 is 0.840 bits per heavy atom. The molecule has 0 radical (unpaired) electrons. The van der Waals surface area contributed by atoms with E-state index in [2.05, 4.69) is 0 Å². The summed E-state index contributed by atoms with van der Waals surface area (Å²) in [6.07, 6.45) is 0. The molecule has 126 valence electrons. The van der Waals surface area contributed by atoms with Crippen LogP contribution in [0.15, 0.2) is 54.2 Å². The summed E-state index contributed by atoms with van der Waals surface area (Å²) in [6, 6.07) is 14.9. The molecule has 25 heavy (non-hydrogen) atoms. The Labute approximate surface area is 146 Å². The molecule has 0 atom stereocenters. The highest BCUT2D eigenvalue weighted by Crippen LogP contribution is 2.34. The van der Waals surface area contributed by atoms with Crippen molar-refractivity contribution < 1.29 is 14.3 Å². The van der Waals surface area contributed by atoms with Gasteiger partial charge in [-0.15, -0.1) is 0 Å². The lowest BCUT2D eigenvalue weighted by molar-refractivity contribution is 0.0506. The number of hydrogen-bond donors (Lipinski definition) is 0. The summed E-state index contributed by atoms with van der Waals surface area (Å²) < 4.78 is 5.42. The zero-order chi connectivity index (χ0) is 17.4. The van der Waals surface area contributed by atoms with E-state index in [9.17, 15) is 9.59 Å². The molecule has 4 nitrogen and oxygen atoms in total. The lowest BCUT2D eigenvalue weighted by atomic mass is 9.83. The second kappa shape index (κ2) is 6.30. The molecule has 2 aromatic rings. The van der Waals surface area contributed by atoms with Crippen LogP contribution in [-0.2, 0) is 4.74 Å². The molecule has 1 fully saturated rings. The number of ether oxygens (including phenoxy) is 1. The molecule has 0 N–H and O–H groups in total. The number of benzene rings is 2. The minimum atomic E-state index is -0.0828. The van der Waals surface area contributed by atoms with Crippen molar-refractivity contribution in [1.29, 1.82) is 0 Å². The molecule has 2 aromatic carbocycles. The number of hydrogen-bond acceptors (Lipinski definition) is 4. The van der Waals surface area contributed by atoms with Crippen molar-refractivity contribution in [3.05, 3.63) is 76.5 Å². The second-order valence-corrected chi connectivity index (χ2v) is 6.39. The molecule has 0 amide bonds. The van der Waals surface area contributed by atoms with Gasteiger partial charge in [0.25, 0.3) is 0 Å². The average Bonchev–Trinajstić information content (AvgIpc) is 2.66. The first-order valence-corrected chi connectivity index (χ1v) is 8.49. The van der Waals surface area contributed by atoms with Crippen LogP contribution in [0.3, 0.4) is 0 Å². The Balaban J connectivity index is 1.93. The van der Waals surface area contributed by atoms with Gasteiger partial charge in [-0.2, -0.15) is 0 Å². The number of fused-ring (bicyclic) bond motifs is 1. The molecule has 0 aromatic heterocycles. The third-order valence-electron chi connectivity index (χ3n) is 4.76. The minimum absolute atomic E-state index is 0.0762. The van der Waals surface area contributed by atoms with E-state index < -0.39 is 0 Å². The molecule has 1 aliphatic heterocycles. The second-order valence-electron chi connectivity index (χ2n) is 6.39. The van der Waals surface area contributed by atoms with Crippen LogP contribution in [0.2, 0.25) is 0 Å². The van der Waals surface area contributed by atoms with Gasteiger partial charge in [-0.3, -0.25) is 9.59 Å². The van der Waals surface area contributed by atoms with E-state index in [1.165, 1.54) is 0 Å². The first kappa shape index (κ1) is 15.8. The molecular formula is C21H19NO3. The van der Waals surface area contributed by atoms with Crippen LogP contribution >= 0.6 is 0 Å². The molecule has 1 saturated heterocycles. The average molecular weight is 333 g/mol. The summed E-state index contributed by atoms with van der Waals surface area (Å²) in [7, 11) is 0. The lowest BCUT2D eigenvalue weighted by Gasteiger charge is -2.34. The van der Waals surface area contributed by atoms with E-state index in [0.717, 1.165) is 11.1 Å². The number of Topliss-reactive ketones (excluding diaryl/α,β-unsaturated/α-hetero) is 2. The summed E-state index contributed by atoms with van der Waals surface area (Å²) >= 11 is 0. The predicted octanol–water partition coefficient (Wildman–Crippen LogP) is 3.12. The fourth-order valence-corrected chi connectivity index (χ4v) is 3.44. The maximum Gasteiger partial charge on any atom is 0.210 e. The first-order chi connectivity index (χ1) is 12.2. The summed E-state index contributed by atoms with van der Waals surface area (Å²) in [6.45, 7) is 4.36. The largest absolute Gasteiger partial charge is 0.378 e. The lowest BCUT2D eigenvalue weighted by Crippen LogP contribution is -2.40. The quantitative estimate of drug-likeness (QED) is 0.847. The molecule has 2 aliphatic rings. The topological polar surface area (TPSA) is 46.6 Å². The van der Waals surface area contributed by atoms with Gasteiger partial charge in [0.2, 0.25) is 5.78 Å². The molecule has 0 saturated carbocycles. The normalized spacial score (nSPS) is 17.7. The predicted molar refractivity (Wildman–Crippen MR) is 95.6 cm³/mol. The molecule has 1 aliphatic carbocycles. The van der Waals surface area contributed by atoms with Crippen LogP contribution in [-0.4, -0.2) is 42.8 Å². The van der Waals surface area contributed by atoms with Gasteiger partial charge in [-0.05, 0) is 12.5 Å². The summed E-state index contributed by atoms with van der Waals surface area (Å²) in [5, 5.41) is 0. The van der Waals surface area contributed by atoms with Crippen molar-refractivity contribution in [3.63, 3.8) is 0 Å². The highest BCUT2D eigenvalue weighted by atomic mass is 16.5. The summed E-state index contributed by atoms with van der Waals surface area (Å²) in [4.78, 5) is 28.4. The highest BCUT2D eigenvalue weighted by Gasteiger charge is 2.35. The van der Waals surface area contributed by atoms with E-state index in [1.54, 1.807) is 24.3 Å². The zero-order valence-corrected chi connectivity index (χ0v) is 14.1. The van der Waals surface area contributed by atoms with Crippen LogP contribution < -0.4 is 0 Å². The third kappa shape index (κ3) is 2.68. The summed E-state index contributed by atoms with van der Waals surface area (Å²) in [5.74, 6) is -0.159. The Morgan fingerprint density at radius 3 is 2.08 bits per heavy atom. The molecule has 0 bridgehead atoms. The molecule has 4 rings (SSSR count). The van der Waals surface area contributed by atoms with Crippen LogP contribution in [0.25, 0.3) is 5.57 Å². The first-order valence-electron chi connectivity index (χ1n) is 8.49.